The van der Waals surface area contributed by atoms with Gasteiger partial charge >= 0.3 is 5.97 Å². The lowest BCUT2D eigenvalue weighted by molar-refractivity contribution is -0.152. The maximum Gasteiger partial charge on any atom is 0.303 e. The van der Waals surface area contributed by atoms with Gasteiger partial charge in [-0.05, 0) is 54.3 Å². The van der Waals surface area contributed by atoms with Gasteiger partial charge in [-0.25, -0.2) is 0 Å². The summed E-state index contributed by atoms with van der Waals surface area (Å²) in [5.74, 6) is -0.637. The third kappa shape index (κ3) is 6.09. The second-order valence-electron chi connectivity index (χ2n) is 10.3. The van der Waals surface area contributed by atoms with Gasteiger partial charge in [0.15, 0.2) is 0 Å². The molecule has 0 saturated carbocycles. The van der Waals surface area contributed by atoms with Crippen LogP contribution in [0.1, 0.15) is 40.7 Å². The van der Waals surface area contributed by atoms with Crippen LogP contribution in [0.2, 0.25) is 5.02 Å². The number of carboxylic acids is 1. The number of thiophene rings is 1. The van der Waals surface area contributed by atoms with Crippen molar-refractivity contribution < 1.29 is 24.2 Å². The Hall–Kier alpha value is -3.88. The minimum absolute atomic E-state index is 0.0637. The highest BCUT2D eigenvalue weighted by Gasteiger charge is 2.55. The standard InChI is InChI=1S/C32H31ClN2O5S/c1-40-25-10-5-7-22(18-25)19-32(14-16-35(32)30(38)27-21-41-28-12-3-2-11-26(27)28)31(39)34(15-6-13-29(36)37)20-23-8-4-9-24(33)17-23/h2-5,7-12,17-18,21H,6,13-16,19-20H2,1H3,(H,36,37). The summed E-state index contributed by atoms with van der Waals surface area (Å²) in [6, 6.07) is 22.6. The molecule has 1 fully saturated rings. The van der Waals surface area contributed by atoms with Crippen LogP contribution >= 0.6 is 22.9 Å². The van der Waals surface area contributed by atoms with E-state index >= 15 is 0 Å². The number of hydrogen-bond acceptors (Lipinski definition) is 5. The number of ether oxygens (including phenoxy) is 1. The molecule has 1 atom stereocenters. The Morgan fingerprint density at radius 3 is 2.56 bits per heavy atom. The second-order valence-corrected chi connectivity index (χ2v) is 11.6. The van der Waals surface area contributed by atoms with E-state index in [1.165, 1.54) is 11.3 Å². The van der Waals surface area contributed by atoms with Crippen LogP contribution in [0.3, 0.4) is 0 Å². The Morgan fingerprint density at radius 1 is 1.05 bits per heavy atom. The van der Waals surface area contributed by atoms with Gasteiger partial charge in [-0.1, -0.05) is 54.1 Å². The topological polar surface area (TPSA) is 87.2 Å². The van der Waals surface area contributed by atoms with E-state index < -0.39 is 11.5 Å². The number of fused-ring (bicyclic) bond motifs is 1. The van der Waals surface area contributed by atoms with E-state index in [1.807, 2.05) is 66.0 Å². The lowest BCUT2D eigenvalue weighted by atomic mass is 9.77. The second kappa shape index (κ2) is 12.3. The van der Waals surface area contributed by atoms with Crippen molar-refractivity contribution in [3.8, 4) is 5.75 Å². The Kier molecular flexibility index (Phi) is 8.61. The fourth-order valence-electron chi connectivity index (χ4n) is 5.50. The van der Waals surface area contributed by atoms with Crippen molar-refractivity contribution >= 4 is 50.8 Å². The fraction of sp³-hybridized carbons (Fsp3) is 0.281. The molecule has 41 heavy (non-hydrogen) atoms. The number of carbonyl (C=O) groups excluding carboxylic acids is 2. The van der Waals surface area contributed by atoms with Gasteiger partial charge < -0.3 is 19.6 Å². The van der Waals surface area contributed by atoms with Gasteiger partial charge in [0.25, 0.3) is 5.91 Å². The van der Waals surface area contributed by atoms with Gasteiger partial charge in [-0.3, -0.25) is 14.4 Å². The smallest absolute Gasteiger partial charge is 0.303 e. The summed E-state index contributed by atoms with van der Waals surface area (Å²) in [4.78, 5) is 43.4. The summed E-state index contributed by atoms with van der Waals surface area (Å²) >= 11 is 7.75. The predicted octanol–water partition coefficient (Wildman–Crippen LogP) is 6.28. The van der Waals surface area contributed by atoms with Crippen LogP contribution in [0.15, 0.2) is 78.2 Å². The zero-order valence-electron chi connectivity index (χ0n) is 22.7. The highest BCUT2D eigenvalue weighted by molar-refractivity contribution is 7.17. The minimum atomic E-state index is -1.13. The molecule has 7 nitrogen and oxygen atoms in total. The zero-order chi connectivity index (χ0) is 29.0. The molecule has 0 spiro atoms. The maximum atomic E-state index is 14.6. The number of hydrogen-bond donors (Lipinski definition) is 1. The summed E-state index contributed by atoms with van der Waals surface area (Å²) < 4.78 is 6.44. The highest BCUT2D eigenvalue weighted by atomic mass is 35.5. The first-order chi connectivity index (χ1) is 19.8. The number of methoxy groups -OCH3 is 1. The van der Waals surface area contributed by atoms with Crippen molar-refractivity contribution in [1.82, 2.24) is 9.80 Å². The fourth-order valence-corrected chi connectivity index (χ4v) is 6.65. The molecule has 2 amide bonds. The normalized spacial score (nSPS) is 16.3. The molecular formula is C32H31ClN2O5S. The van der Waals surface area contributed by atoms with Crippen LogP contribution in [0, 0.1) is 0 Å². The number of aliphatic carboxylic acids is 1. The molecule has 2 heterocycles. The van der Waals surface area contributed by atoms with Crippen LogP contribution in [0.5, 0.6) is 5.75 Å². The molecule has 0 radical (unpaired) electrons. The van der Waals surface area contributed by atoms with E-state index in [2.05, 4.69) is 0 Å². The van der Waals surface area contributed by atoms with Crippen molar-refractivity contribution in [1.29, 1.82) is 0 Å². The van der Waals surface area contributed by atoms with Gasteiger partial charge in [0.1, 0.15) is 11.3 Å². The van der Waals surface area contributed by atoms with Crippen LogP contribution in [-0.4, -0.2) is 58.4 Å². The van der Waals surface area contributed by atoms with Crippen molar-refractivity contribution in [2.24, 2.45) is 0 Å². The third-order valence-corrected chi connectivity index (χ3v) is 8.82. The van der Waals surface area contributed by atoms with Crippen LogP contribution in [-0.2, 0) is 22.6 Å². The Balaban J connectivity index is 1.53. The summed E-state index contributed by atoms with van der Waals surface area (Å²) in [6.45, 7) is 0.933. The van der Waals surface area contributed by atoms with E-state index in [0.717, 1.165) is 21.2 Å². The lowest BCUT2D eigenvalue weighted by Gasteiger charge is -2.53. The first-order valence-corrected chi connectivity index (χ1v) is 14.7. The molecule has 5 rings (SSSR count). The first kappa shape index (κ1) is 28.6. The molecule has 212 valence electrons. The van der Waals surface area contributed by atoms with Gasteiger partial charge in [-0.15, -0.1) is 11.3 Å². The number of benzene rings is 3. The number of rotatable bonds is 11. The summed E-state index contributed by atoms with van der Waals surface area (Å²) in [7, 11) is 1.59. The molecular weight excluding hydrogens is 560 g/mol. The maximum absolute atomic E-state index is 14.6. The van der Waals surface area contributed by atoms with Gasteiger partial charge in [0.2, 0.25) is 5.91 Å². The quantitative estimate of drug-likeness (QED) is 0.222. The van der Waals surface area contributed by atoms with E-state index in [-0.39, 0.29) is 31.3 Å². The lowest BCUT2D eigenvalue weighted by Crippen LogP contribution is -2.70. The summed E-state index contributed by atoms with van der Waals surface area (Å²) in [6.07, 6.45) is 1.02. The first-order valence-electron chi connectivity index (χ1n) is 13.5. The van der Waals surface area contributed by atoms with E-state index in [4.69, 9.17) is 16.3 Å². The molecule has 1 aliphatic rings. The minimum Gasteiger partial charge on any atom is -0.497 e. The summed E-state index contributed by atoms with van der Waals surface area (Å²) in [5.41, 5.74) is 1.16. The molecule has 4 aromatic rings. The Labute approximate surface area is 247 Å². The number of carbonyl (C=O) groups is 3. The molecule has 1 unspecified atom stereocenters. The predicted molar refractivity (Wildman–Crippen MR) is 161 cm³/mol. The number of nitrogens with zero attached hydrogens (tertiary/aromatic N) is 2. The molecule has 9 heteroatoms. The van der Waals surface area contributed by atoms with Gasteiger partial charge in [0, 0.05) is 53.0 Å². The molecule has 1 aromatic heterocycles. The summed E-state index contributed by atoms with van der Waals surface area (Å²) in [5, 5.41) is 12.6. The average molecular weight is 591 g/mol. The zero-order valence-corrected chi connectivity index (χ0v) is 24.3. The van der Waals surface area contributed by atoms with Gasteiger partial charge in [-0.2, -0.15) is 0 Å². The Morgan fingerprint density at radius 2 is 1.83 bits per heavy atom. The van der Waals surface area contributed by atoms with Crippen LogP contribution in [0.4, 0.5) is 0 Å². The van der Waals surface area contributed by atoms with Crippen molar-refractivity contribution in [2.45, 2.75) is 37.8 Å². The highest BCUT2D eigenvalue weighted by Crippen LogP contribution is 2.40. The average Bonchev–Trinajstić information content (AvgIpc) is 3.39. The Bertz CT molecular complexity index is 1590. The van der Waals surface area contributed by atoms with Crippen molar-refractivity contribution in [3.63, 3.8) is 0 Å². The van der Waals surface area contributed by atoms with E-state index in [0.29, 0.717) is 42.1 Å². The van der Waals surface area contributed by atoms with E-state index in [9.17, 15) is 19.5 Å². The number of carboxylic acid groups (broad SMARTS) is 1. The number of halogens is 1. The SMILES string of the molecule is COc1cccc(CC2(C(=O)N(CCCC(=O)O)Cc3cccc(Cl)c3)CCN2C(=O)c2csc3ccccc23)c1. The van der Waals surface area contributed by atoms with Crippen molar-refractivity contribution in [3.05, 3.63) is 99.9 Å². The molecule has 1 saturated heterocycles. The molecule has 0 bridgehead atoms. The van der Waals surface area contributed by atoms with Gasteiger partial charge in [0.05, 0.1) is 12.7 Å². The largest absolute Gasteiger partial charge is 0.497 e. The molecule has 1 aliphatic heterocycles. The third-order valence-electron chi connectivity index (χ3n) is 7.62. The van der Waals surface area contributed by atoms with Crippen molar-refractivity contribution in [2.75, 3.05) is 20.2 Å². The molecule has 1 N–H and O–H groups in total. The monoisotopic (exact) mass is 590 g/mol. The van der Waals surface area contributed by atoms with E-state index in [1.54, 1.807) is 29.0 Å². The molecule has 0 aliphatic carbocycles. The number of likely N-dealkylation sites (tertiary alicyclic amines) is 1. The number of amides is 2. The van der Waals surface area contributed by atoms with Crippen LogP contribution < -0.4 is 4.74 Å². The van der Waals surface area contributed by atoms with Crippen LogP contribution in [0.25, 0.3) is 10.1 Å². The molecule has 3 aromatic carbocycles.